The van der Waals surface area contributed by atoms with E-state index >= 15 is 0 Å². The van der Waals surface area contributed by atoms with Gasteiger partial charge in [0.25, 0.3) is 0 Å². The first-order valence-electron chi connectivity index (χ1n) is 11.7. The lowest BCUT2D eigenvalue weighted by molar-refractivity contribution is -0.121. The van der Waals surface area contributed by atoms with Gasteiger partial charge in [-0.1, -0.05) is 60.7 Å². The zero-order chi connectivity index (χ0) is 23.9. The second kappa shape index (κ2) is 10.9. The number of aromatic amines is 1. The zero-order valence-corrected chi connectivity index (χ0v) is 20.0. The standard InChI is InChI=1S/C29H32N2O3/c1-20(16-17-21-10-5-4-6-11-21)31-28(32)18-24(23-13-9-15-27(33-2)29(23)34-3)25-19-30-26-14-8-7-12-22(25)26/h4-15,19-20,24,30H,16-18H2,1-3H3,(H,31,32)/t20-,24-/m1/s1. The molecule has 2 N–H and O–H groups in total. The molecular weight excluding hydrogens is 424 g/mol. The molecule has 1 amide bonds. The number of aryl methyl sites for hydroxylation is 1. The maximum absolute atomic E-state index is 13.2. The molecule has 5 nitrogen and oxygen atoms in total. The first kappa shape index (κ1) is 23.4. The summed E-state index contributed by atoms with van der Waals surface area (Å²) in [5.41, 5.74) is 4.32. The van der Waals surface area contributed by atoms with Gasteiger partial charge in [-0.3, -0.25) is 4.79 Å². The molecule has 176 valence electrons. The molecule has 0 saturated carbocycles. The van der Waals surface area contributed by atoms with E-state index < -0.39 is 0 Å². The van der Waals surface area contributed by atoms with Gasteiger partial charge >= 0.3 is 0 Å². The molecule has 34 heavy (non-hydrogen) atoms. The number of methoxy groups -OCH3 is 2. The van der Waals surface area contributed by atoms with Gasteiger partial charge in [0.2, 0.25) is 5.91 Å². The fourth-order valence-corrected chi connectivity index (χ4v) is 4.58. The van der Waals surface area contributed by atoms with Crippen LogP contribution in [0, 0.1) is 0 Å². The van der Waals surface area contributed by atoms with Crippen molar-refractivity contribution in [2.75, 3.05) is 14.2 Å². The Balaban J connectivity index is 1.58. The van der Waals surface area contributed by atoms with E-state index in [1.807, 2.05) is 60.8 Å². The minimum Gasteiger partial charge on any atom is -0.493 e. The van der Waals surface area contributed by atoms with Crippen molar-refractivity contribution in [2.45, 2.75) is 38.1 Å². The summed E-state index contributed by atoms with van der Waals surface area (Å²) in [6, 6.07) is 24.4. The number of ether oxygens (including phenoxy) is 2. The smallest absolute Gasteiger partial charge is 0.221 e. The van der Waals surface area contributed by atoms with Gasteiger partial charge in [0.1, 0.15) is 0 Å². The maximum Gasteiger partial charge on any atom is 0.221 e. The van der Waals surface area contributed by atoms with Crippen LogP contribution in [0.4, 0.5) is 0 Å². The minimum absolute atomic E-state index is 0.0146. The topological polar surface area (TPSA) is 63.3 Å². The van der Waals surface area contributed by atoms with Crippen LogP contribution < -0.4 is 14.8 Å². The van der Waals surface area contributed by atoms with Gasteiger partial charge in [0, 0.05) is 41.0 Å². The van der Waals surface area contributed by atoms with Gasteiger partial charge in [-0.15, -0.1) is 0 Å². The predicted octanol–water partition coefficient (Wildman–Crippen LogP) is 5.84. The van der Waals surface area contributed by atoms with Crippen molar-refractivity contribution in [1.29, 1.82) is 0 Å². The molecule has 5 heteroatoms. The van der Waals surface area contributed by atoms with Crippen LogP contribution in [0.2, 0.25) is 0 Å². The molecule has 3 aromatic carbocycles. The summed E-state index contributed by atoms with van der Waals surface area (Å²) in [6.45, 7) is 2.06. The van der Waals surface area contributed by atoms with E-state index in [2.05, 4.69) is 35.4 Å². The van der Waals surface area contributed by atoms with Crippen LogP contribution in [-0.2, 0) is 11.2 Å². The van der Waals surface area contributed by atoms with Gasteiger partial charge in [0.05, 0.1) is 14.2 Å². The summed E-state index contributed by atoms with van der Waals surface area (Å²) < 4.78 is 11.3. The first-order valence-corrected chi connectivity index (χ1v) is 11.7. The molecule has 1 aromatic heterocycles. The molecule has 0 spiro atoms. The van der Waals surface area contributed by atoms with Crippen LogP contribution in [0.25, 0.3) is 10.9 Å². The summed E-state index contributed by atoms with van der Waals surface area (Å²) in [5.74, 6) is 1.13. The lowest BCUT2D eigenvalue weighted by Crippen LogP contribution is -2.34. The van der Waals surface area contributed by atoms with Crippen LogP contribution in [0.1, 0.15) is 42.4 Å². The lowest BCUT2D eigenvalue weighted by atomic mass is 9.87. The van der Waals surface area contributed by atoms with Crippen LogP contribution in [0.5, 0.6) is 11.5 Å². The van der Waals surface area contributed by atoms with Crippen LogP contribution in [-0.4, -0.2) is 31.2 Å². The quantitative estimate of drug-likeness (QED) is 0.315. The number of carbonyl (C=O) groups excluding carboxylic acids is 1. The fourth-order valence-electron chi connectivity index (χ4n) is 4.58. The van der Waals surface area contributed by atoms with E-state index in [-0.39, 0.29) is 17.9 Å². The number of rotatable bonds is 10. The van der Waals surface area contributed by atoms with Crippen molar-refractivity contribution in [3.63, 3.8) is 0 Å². The van der Waals surface area contributed by atoms with Crippen LogP contribution in [0.15, 0.2) is 79.0 Å². The maximum atomic E-state index is 13.2. The minimum atomic E-state index is -0.192. The van der Waals surface area contributed by atoms with E-state index in [0.29, 0.717) is 17.9 Å². The number of hydrogen-bond donors (Lipinski definition) is 2. The van der Waals surface area contributed by atoms with Crippen molar-refractivity contribution in [2.24, 2.45) is 0 Å². The summed E-state index contributed by atoms with van der Waals surface area (Å²) >= 11 is 0. The summed E-state index contributed by atoms with van der Waals surface area (Å²) in [6.07, 6.45) is 4.12. The Hall–Kier alpha value is -3.73. The van der Waals surface area contributed by atoms with Gasteiger partial charge in [-0.2, -0.15) is 0 Å². The van der Waals surface area contributed by atoms with E-state index in [9.17, 15) is 4.79 Å². The van der Waals surface area contributed by atoms with E-state index in [4.69, 9.17) is 9.47 Å². The second-order valence-electron chi connectivity index (χ2n) is 8.62. The number of amides is 1. The molecule has 0 aliphatic rings. The molecular formula is C29H32N2O3. The van der Waals surface area contributed by atoms with Crippen LogP contribution >= 0.6 is 0 Å². The molecule has 2 atom stereocenters. The number of aromatic nitrogens is 1. The van der Waals surface area contributed by atoms with Gasteiger partial charge in [-0.05, 0) is 43.0 Å². The van der Waals surface area contributed by atoms with E-state index in [1.54, 1.807) is 14.2 Å². The summed E-state index contributed by atoms with van der Waals surface area (Å²) in [5, 5.41) is 4.30. The number of para-hydroxylation sites is 2. The zero-order valence-electron chi connectivity index (χ0n) is 20.0. The molecule has 0 unspecified atom stereocenters. The Kier molecular flexibility index (Phi) is 7.53. The third-order valence-electron chi connectivity index (χ3n) is 6.31. The number of hydrogen-bond acceptors (Lipinski definition) is 3. The molecule has 0 aliphatic heterocycles. The van der Waals surface area contributed by atoms with Gasteiger partial charge in [-0.25, -0.2) is 0 Å². The monoisotopic (exact) mass is 456 g/mol. The Bertz CT molecular complexity index is 1230. The van der Waals surface area contributed by atoms with Gasteiger partial charge in [0.15, 0.2) is 11.5 Å². The average molecular weight is 457 g/mol. The largest absolute Gasteiger partial charge is 0.493 e. The number of benzene rings is 3. The number of carbonyl (C=O) groups is 1. The summed E-state index contributed by atoms with van der Waals surface area (Å²) in [4.78, 5) is 16.6. The third-order valence-corrected chi connectivity index (χ3v) is 6.31. The molecule has 4 rings (SSSR count). The number of nitrogens with one attached hydrogen (secondary N) is 2. The Morgan fingerprint density at radius 3 is 2.44 bits per heavy atom. The van der Waals surface area contributed by atoms with Crippen molar-refractivity contribution in [3.8, 4) is 11.5 Å². The lowest BCUT2D eigenvalue weighted by Gasteiger charge is -2.22. The van der Waals surface area contributed by atoms with Crippen molar-refractivity contribution in [3.05, 3.63) is 95.7 Å². The highest BCUT2D eigenvalue weighted by Crippen LogP contribution is 2.41. The van der Waals surface area contributed by atoms with Crippen molar-refractivity contribution in [1.82, 2.24) is 10.3 Å². The molecule has 1 heterocycles. The second-order valence-corrected chi connectivity index (χ2v) is 8.62. The van der Waals surface area contributed by atoms with Gasteiger partial charge < -0.3 is 19.8 Å². The molecule has 4 aromatic rings. The number of H-pyrrole nitrogens is 1. The highest BCUT2D eigenvalue weighted by molar-refractivity contribution is 5.86. The Labute approximate surface area is 201 Å². The third kappa shape index (κ3) is 5.25. The highest BCUT2D eigenvalue weighted by Gasteiger charge is 2.26. The average Bonchev–Trinajstić information content (AvgIpc) is 3.30. The summed E-state index contributed by atoms with van der Waals surface area (Å²) in [7, 11) is 3.27. The molecule has 0 bridgehead atoms. The van der Waals surface area contributed by atoms with Crippen molar-refractivity contribution >= 4 is 16.8 Å². The molecule has 0 radical (unpaired) electrons. The van der Waals surface area contributed by atoms with Crippen LogP contribution in [0.3, 0.4) is 0 Å². The molecule has 0 fully saturated rings. The molecule has 0 aliphatic carbocycles. The Morgan fingerprint density at radius 2 is 1.68 bits per heavy atom. The highest BCUT2D eigenvalue weighted by atomic mass is 16.5. The fraction of sp³-hybridized carbons (Fsp3) is 0.276. The Morgan fingerprint density at radius 1 is 0.912 bits per heavy atom. The molecule has 0 saturated heterocycles. The first-order chi connectivity index (χ1) is 16.6. The normalized spacial score (nSPS) is 12.8. The number of fused-ring (bicyclic) bond motifs is 1. The SMILES string of the molecule is COc1cccc([C@@H](CC(=O)N[C@H](C)CCc2ccccc2)c2c[nH]c3ccccc23)c1OC. The van der Waals surface area contributed by atoms with E-state index in [1.165, 1.54) is 5.56 Å². The predicted molar refractivity (Wildman–Crippen MR) is 137 cm³/mol. The van der Waals surface area contributed by atoms with Crippen molar-refractivity contribution < 1.29 is 14.3 Å². The van der Waals surface area contributed by atoms with E-state index in [0.717, 1.165) is 34.9 Å².